The Morgan fingerprint density at radius 1 is 1.62 bits per heavy atom. The summed E-state index contributed by atoms with van der Waals surface area (Å²) in [6, 6.07) is 0. The molecule has 4 nitrogen and oxygen atoms in total. The molecule has 0 aliphatic heterocycles. The van der Waals surface area contributed by atoms with E-state index in [2.05, 4.69) is 21.9 Å². The number of hydrogen-bond donors (Lipinski definition) is 2. The highest BCUT2D eigenvalue weighted by Crippen LogP contribution is 2.36. The Labute approximate surface area is 99.6 Å². The van der Waals surface area contributed by atoms with Crippen LogP contribution in [0.1, 0.15) is 29.4 Å². The second kappa shape index (κ2) is 4.41. The molecule has 5 heteroatoms. The predicted molar refractivity (Wildman–Crippen MR) is 66.0 cm³/mol. The van der Waals surface area contributed by atoms with Crippen molar-refractivity contribution in [3.63, 3.8) is 0 Å². The van der Waals surface area contributed by atoms with Gasteiger partial charge in [0.15, 0.2) is 0 Å². The Morgan fingerprint density at radius 2 is 2.31 bits per heavy atom. The summed E-state index contributed by atoms with van der Waals surface area (Å²) < 4.78 is 4.18. The number of anilines is 1. The first kappa shape index (κ1) is 11.4. The molecule has 16 heavy (non-hydrogen) atoms. The minimum Gasteiger partial charge on any atom is -0.378 e. The molecule has 1 amide bonds. The fourth-order valence-electron chi connectivity index (χ4n) is 1.80. The van der Waals surface area contributed by atoms with Crippen molar-refractivity contribution in [3.05, 3.63) is 11.3 Å². The summed E-state index contributed by atoms with van der Waals surface area (Å²) in [7, 11) is 1.81. The molecule has 1 aliphatic carbocycles. The van der Waals surface area contributed by atoms with E-state index in [0.29, 0.717) is 11.5 Å². The first-order chi connectivity index (χ1) is 7.63. The molecular weight excluding hydrogens is 222 g/mol. The standard InChI is InChI=1S/C11H17N3OS/c1-6-4-8(6)5-13-10(15)9-7(2)14-16-11(9)12-3/h6,8,12H,4-5H2,1-3H3,(H,13,15)/t6-,8-/m0/s1. The van der Waals surface area contributed by atoms with Crippen molar-refractivity contribution in [1.29, 1.82) is 0 Å². The quantitative estimate of drug-likeness (QED) is 0.843. The Hall–Kier alpha value is -1.10. The number of carbonyl (C=O) groups excluding carboxylic acids is 1. The molecule has 88 valence electrons. The van der Waals surface area contributed by atoms with Crippen LogP contribution in [0.4, 0.5) is 5.00 Å². The number of nitrogens with zero attached hydrogens (tertiary/aromatic N) is 1. The maximum Gasteiger partial charge on any atom is 0.256 e. The molecule has 1 aromatic heterocycles. The molecule has 1 aromatic rings. The number of aromatic nitrogens is 1. The second-order valence-electron chi connectivity index (χ2n) is 4.41. The lowest BCUT2D eigenvalue weighted by molar-refractivity contribution is 0.0951. The summed E-state index contributed by atoms with van der Waals surface area (Å²) in [4.78, 5) is 12.0. The van der Waals surface area contributed by atoms with Crippen LogP contribution in [0, 0.1) is 18.8 Å². The molecule has 2 atom stereocenters. The van der Waals surface area contributed by atoms with Crippen molar-refractivity contribution in [2.24, 2.45) is 11.8 Å². The van der Waals surface area contributed by atoms with Gasteiger partial charge >= 0.3 is 0 Å². The van der Waals surface area contributed by atoms with Crippen molar-refractivity contribution in [2.45, 2.75) is 20.3 Å². The molecule has 0 saturated heterocycles. The number of hydrogen-bond acceptors (Lipinski definition) is 4. The van der Waals surface area contributed by atoms with Crippen LogP contribution in [0.25, 0.3) is 0 Å². The summed E-state index contributed by atoms with van der Waals surface area (Å²) >= 11 is 1.33. The third-order valence-corrected chi connectivity index (χ3v) is 4.07. The van der Waals surface area contributed by atoms with Crippen LogP contribution in [0.2, 0.25) is 0 Å². The van der Waals surface area contributed by atoms with Gasteiger partial charge in [-0.05, 0) is 36.7 Å². The van der Waals surface area contributed by atoms with E-state index < -0.39 is 0 Å². The van der Waals surface area contributed by atoms with E-state index in [1.54, 1.807) is 0 Å². The van der Waals surface area contributed by atoms with Crippen molar-refractivity contribution >= 4 is 22.4 Å². The average Bonchev–Trinajstić information content (AvgIpc) is 2.83. The van der Waals surface area contributed by atoms with Gasteiger partial charge in [-0.25, -0.2) is 0 Å². The third-order valence-electron chi connectivity index (χ3n) is 3.12. The molecule has 0 bridgehead atoms. The van der Waals surface area contributed by atoms with Gasteiger partial charge in [0.1, 0.15) is 5.00 Å². The van der Waals surface area contributed by atoms with E-state index >= 15 is 0 Å². The first-order valence-corrected chi connectivity index (χ1v) is 6.33. The van der Waals surface area contributed by atoms with Gasteiger partial charge in [-0.15, -0.1) is 0 Å². The summed E-state index contributed by atoms with van der Waals surface area (Å²) in [6.45, 7) is 4.87. The molecule has 0 unspecified atom stereocenters. The topological polar surface area (TPSA) is 54.0 Å². The second-order valence-corrected chi connectivity index (χ2v) is 5.18. The molecule has 1 aliphatic rings. The maximum atomic E-state index is 12.0. The van der Waals surface area contributed by atoms with Crippen molar-refractivity contribution in [2.75, 3.05) is 18.9 Å². The molecule has 1 saturated carbocycles. The molecule has 0 spiro atoms. The summed E-state index contributed by atoms with van der Waals surface area (Å²) in [5.41, 5.74) is 1.50. The van der Waals surface area contributed by atoms with Gasteiger partial charge in [0.25, 0.3) is 5.91 Å². The van der Waals surface area contributed by atoms with Gasteiger partial charge in [-0.2, -0.15) is 4.37 Å². The third kappa shape index (κ3) is 2.19. The van der Waals surface area contributed by atoms with Gasteiger partial charge in [0, 0.05) is 13.6 Å². The van der Waals surface area contributed by atoms with E-state index in [4.69, 9.17) is 0 Å². The summed E-state index contributed by atoms with van der Waals surface area (Å²) in [5, 5.41) is 6.83. The molecule has 0 radical (unpaired) electrons. The molecule has 1 fully saturated rings. The zero-order chi connectivity index (χ0) is 11.7. The molecule has 0 aromatic carbocycles. The minimum absolute atomic E-state index is 0.00491. The number of carbonyl (C=O) groups is 1. The normalized spacial score (nSPS) is 22.9. The van der Waals surface area contributed by atoms with Crippen LogP contribution in [-0.2, 0) is 0 Å². The monoisotopic (exact) mass is 239 g/mol. The number of aryl methyl sites for hydroxylation is 1. The van der Waals surface area contributed by atoms with E-state index in [-0.39, 0.29) is 5.91 Å². The van der Waals surface area contributed by atoms with Crippen LogP contribution in [0.15, 0.2) is 0 Å². The molecular formula is C11H17N3OS. The Morgan fingerprint density at radius 3 is 2.88 bits per heavy atom. The van der Waals surface area contributed by atoms with Crippen LogP contribution >= 0.6 is 11.5 Å². The summed E-state index contributed by atoms with van der Waals surface area (Å²) in [5.74, 6) is 1.44. The van der Waals surface area contributed by atoms with E-state index in [9.17, 15) is 4.79 Å². The SMILES string of the molecule is CNc1snc(C)c1C(=O)NC[C@@H]1C[C@@H]1C. The Kier molecular flexibility index (Phi) is 3.14. The van der Waals surface area contributed by atoms with Crippen LogP contribution in [0.5, 0.6) is 0 Å². The highest BCUT2D eigenvalue weighted by molar-refractivity contribution is 7.10. The Balaban J connectivity index is 1.99. The lowest BCUT2D eigenvalue weighted by Crippen LogP contribution is -2.26. The predicted octanol–water partition coefficient (Wildman–Crippen LogP) is 1.88. The highest BCUT2D eigenvalue weighted by atomic mass is 32.1. The van der Waals surface area contributed by atoms with Crippen molar-refractivity contribution in [3.8, 4) is 0 Å². The average molecular weight is 239 g/mol. The van der Waals surface area contributed by atoms with Crippen LogP contribution < -0.4 is 10.6 Å². The van der Waals surface area contributed by atoms with E-state index in [1.165, 1.54) is 18.0 Å². The van der Waals surface area contributed by atoms with Gasteiger partial charge in [-0.3, -0.25) is 4.79 Å². The fourth-order valence-corrected chi connectivity index (χ4v) is 2.55. The minimum atomic E-state index is -0.00491. The van der Waals surface area contributed by atoms with Gasteiger partial charge in [-0.1, -0.05) is 6.92 Å². The lowest BCUT2D eigenvalue weighted by atomic mass is 10.2. The fraction of sp³-hybridized carbons (Fsp3) is 0.636. The van der Waals surface area contributed by atoms with E-state index in [0.717, 1.165) is 23.2 Å². The first-order valence-electron chi connectivity index (χ1n) is 5.55. The summed E-state index contributed by atoms with van der Waals surface area (Å²) in [6.07, 6.45) is 1.24. The van der Waals surface area contributed by atoms with Crippen molar-refractivity contribution < 1.29 is 4.79 Å². The lowest BCUT2D eigenvalue weighted by Gasteiger charge is -2.05. The number of nitrogens with one attached hydrogen (secondary N) is 2. The van der Waals surface area contributed by atoms with Gasteiger partial charge in [0.05, 0.1) is 11.3 Å². The Bertz CT molecular complexity index is 402. The number of amides is 1. The zero-order valence-electron chi connectivity index (χ0n) is 9.83. The highest BCUT2D eigenvalue weighted by Gasteiger charge is 2.32. The van der Waals surface area contributed by atoms with E-state index in [1.807, 2.05) is 14.0 Å². The van der Waals surface area contributed by atoms with Gasteiger partial charge in [0.2, 0.25) is 0 Å². The largest absolute Gasteiger partial charge is 0.378 e. The number of rotatable bonds is 4. The molecule has 1 heterocycles. The molecule has 2 N–H and O–H groups in total. The molecule has 2 rings (SSSR count). The van der Waals surface area contributed by atoms with Crippen LogP contribution in [-0.4, -0.2) is 23.9 Å². The van der Waals surface area contributed by atoms with Crippen molar-refractivity contribution in [1.82, 2.24) is 9.69 Å². The maximum absolute atomic E-state index is 12.0. The van der Waals surface area contributed by atoms with Crippen LogP contribution in [0.3, 0.4) is 0 Å². The van der Waals surface area contributed by atoms with Gasteiger partial charge < -0.3 is 10.6 Å². The smallest absolute Gasteiger partial charge is 0.256 e. The zero-order valence-corrected chi connectivity index (χ0v) is 10.6.